The third-order valence-electron chi connectivity index (χ3n) is 4.44. The molecular weight excluding hydrogens is 573 g/mol. The van der Waals surface area contributed by atoms with E-state index in [0.29, 0.717) is 12.4 Å². The van der Waals surface area contributed by atoms with E-state index in [1.807, 2.05) is 48.5 Å². The number of amides is 1. The Morgan fingerprint density at radius 3 is 2.17 bits per heavy atom. The molecule has 0 radical (unpaired) electrons. The standard InChI is InChI=1S/C28H34INO6/c1-27(2,3)35-24(32)17-21(26(33)36-28(4,5)6)30-23(31)16-15-20-13-10-14-22(25(20)29)34-18-19-11-8-7-9-12-19/h7-16,21H,17-18H2,1-6H3,(H,30,31)/b16-15+/t21-/m0/s1. The van der Waals surface area contributed by atoms with Crippen LogP contribution in [0.4, 0.5) is 0 Å². The van der Waals surface area contributed by atoms with Crippen LogP contribution < -0.4 is 10.1 Å². The highest BCUT2D eigenvalue weighted by Crippen LogP contribution is 2.26. The Labute approximate surface area is 226 Å². The molecule has 0 unspecified atom stereocenters. The number of rotatable bonds is 9. The van der Waals surface area contributed by atoms with Gasteiger partial charge in [-0.15, -0.1) is 0 Å². The van der Waals surface area contributed by atoms with Crippen LogP contribution in [-0.2, 0) is 30.5 Å². The van der Waals surface area contributed by atoms with Crippen molar-refractivity contribution in [1.29, 1.82) is 0 Å². The molecule has 0 saturated carbocycles. The van der Waals surface area contributed by atoms with E-state index >= 15 is 0 Å². The topological polar surface area (TPSA) is 90.9 Å². The summed E-state index contributed by atoms with van der Waals surface area (Å²) in [5.41, 5.74) is 0.327. The fourth-order valence-electron chi connectivity index (χ4n) is 3.00. The number of carbonyl (C=O) groups excluding carboxylic acids is 3. The van der Waals surface area contributed by atoms with Gasteiger partial charge in [0.1, 0.15) is 29.6 Å². The van der Waals surface area contributed by atoms with E-state index in [-0.39, 0.29) is 6.42 Å². The zero-order valence-electron chi connectivity index (χ0n) is 21.6. The van der Waals surface area contributed by atoms with Crippen molar-refractivity contribution in [2.24, 2.45) is 0 Å². The highest BCUT2D eigenvalue weighted by Gasteiger charge is 2.30. The molecule has 0 heterocycles. The minimum atomic E-state index is -1.18. The molecule has 0 aliphatic rings. The van der Waals surface area contributed by atoms with E-state index in [0.717, 1.165) is 14.7 Å². The summed E-state index contributed by atoms with van der Waals surface area (Å²) in [6.45, 7) is 10.8. The second-order valence-electron chi connectivity index (χ2n) is 10.2. The normalized spacial score (nSPS) is 12.6. The summed E-state index contributed by atoms with van der Waals surface area (Å²) in [5, 5.41) is 2.57. The molecule has 1 atom stereocenters. The van der Waals surface area contributed by atoms with Gasteiger partial charge >= 0.3 is 11.9 Å². The number of nitrogens with one attached hydrogen (secondary N) is 1. The van der Waals surface area contributed by atoms with Gasteiger partial charge in [-0.1, -0.05) is 42.5 Å². The summed E-state index contributed by atoms with van der Waals surface area (Å²) in [6.07, 6.45) is 2.60. The summed E-state index contributed by atoms with van der Waals surface area (Å²) >= 11 is 2.17. The van der Waals surface area contributed by atoms with Crippen molar-refractivity contribution < 1.29 is 28.6 Å². The number of halogens is 1. The lowest BCUT2D eigenvalue weighted by molar-refractivity contribution is -0.165. The first kappa shape index (κ1) is 29.4. The van der Waals surface area contributed by atoms with Crippen molar-refractivity contribution in [3.05, 3.63) is 69.3 Å². The maximum absolute atomic E-state index is 12.7. The first-order valence-corrected chi connectivity index (χ1v) is 12.7. The quantitative estimate of drug-likeness (QED) is 0.232. The predicted molar refractivity (Wildman–Crippen MR) is 147 cm³/mol. The fraction of sp³-hybridized carbons (Fsp3) is 0.393. The Hall–Kier alpha value is -2.88. The van der Waals surface area contributed by atoms with E-state index in [9.17, 15) is 14.4 Å². The van der Waals surface area contributed by atoms with Gasteiger partial charge in [-0.2, -0.15) is 0 Å². The van der Waals surface area contributed by atoms with Crippen molar-refractivity contribution >= 4 is 46.5 Å². The Balaban J connectivity index is 2.10. The van der Waals surface area contributed by atoms with Crippen LogP contribution in [-0.4, -0.2) is 35.1 Å². The van der Waals surface area contributed by atoms with E-state index in [2.05, 4.69) is 27.9 Å². The van der Waals surface area contributed by atoms with Crippen LogP contribution in [0, 0.1) is 3.57 Å². The van der Waals surface area contributed by atoms with Gasteiger partial charge in [0.15, 0.2) is 0 Å². The van der Waals surface area contributed by atoms with Crippen LogP contribution >= 0.6 is 22.6 Å². The second kappa shape index (κ2) is 12.9. The minimum Gasteiger partial charge on any atom is -0.488 e. The molecule has 0 aliphatic carbocycles. The van der Waals surface area contributed by atoms with E-state index in [4.69, 9.17) is 14.2 Å². The van der Waals surface area contributed by atoms with E-state index < -0.39 is 35.1 Å². The molecule has 0 saturated heterocycles. The van der Waals surface area contributed by atoms with E-state index in [1.165, 1.54) is 6.08 Å². The second-order valence-corrected chi connectivity index (χ2v) is 11.2. The van der Waals surface area contributed by atoms with Crippen LogP contribution in [0.3, 0.4) is 0 Å². The monoisotopic (exact) mass is 607 g/mol. The lowest BCUT2D eigenvalue weighted by atomic mass is 10.1. The lowest BCUT2D eigenvalue weighted by Crippen LogP contribution is -2.45. The largest absolute Gasteiger partial charge is 0.488 e. The van der Waals surface area contributed by atoms with Crippen LogP contribution in [0.2, 0.25) is 0 Å². The average Bonchev–Trinajstić information content (AvgIpc) is 2.75. The predicted octanol–water partition coefficient (Wildman–Crippen LogP) is 5.44. The molecule has 194 valence electrons. The molecule has 0 bridgehead atoms. The Kier molecular flexibility index (Phi) is 10.5. The van der Waals surface area contributed by atoms with Gasteiger partial charge in [0.2, 0.25) is 5.91 Å². The molecule has 36 heavy (non-hydrogen) atoms. The number of benzene rings is 2. The molecule has 1 N–H and O–H groups in total. The Morgan fingerprint density at radius 2 is 1.56 bits per heavy atom. The summed E-state index contributed by atoms with van der Waals surface area (Å²) in [5.74, 6) is -1.17. The van der Waals surface area contributed by atoms with Gasteiger partial charge in [0, 0.05) is 6.08 Å². The Morgan fingerprint density at radius 1 is 0.917 bits per heavy atom. The van der Waals surface area contributed by atoms with Crippen LogP contribution in [0.1, 0.15) is 59.1 Å². The highest BCUT2D eigenvalue weighted by molar-refractivity contribution is 14.1. The molecule has 0 fully saturated rings. The van der Waals surface area contributed by atoms with Gasteiger partial charge in [-0.25, -0.2) is 4.79 Å². The molecule has 0 aromatic heterocycles. The van der Waals surface area contributed by atoms with Crippen LogP contribution in [0.15, 0.2) is 54.6 Å². The van der Waals surface area contributed by atoms with E-state index in [1.54, 1.807) is 47.6 Å². The zero-order valence-corrected chi connectivity index (χ0v) is 23.8. The molecule has 2 aromatic carbocycles. The number of hydrogen-bond acceptors (Lipinski definition) is 6. The van der Waals surface area contributed by atoms with Crippen molar-refractivity contribution in [2.75, 3.05) is 0 Å². The number of esters is 2. The van der Waals surface area contributed by atoms with Gasteiger partial charge in [0.25, 0.3) is 0 Å². The maximum Gasteiger partial charge on any atom is 0.329 e. The molecular formula is C28H34INO6. The fourth-order valence-corrected chi connectivity index (χ4v) is 3.70. The van der Waals surface area contributed by atoms with Crippen LogP contribution in [0.5, 0.6) is 5.75 Å². The third kappa shape index (κ3) is 10.8. The smallest absolute Gasteiger partial charge is 0.329 e. The molecule has 7 nitrogen and oxygen atoms in total. The van der Waals surface area contributed by atoms with Crippen molar-refractivity contribution in [1.82, 2.24) is 5.32 Å². The minimum absolute atomic E-state index is 0.341. The summed E-state index contributed by atoms with van der Waals surface area (Å²) < 4.78 is 17.5. The first-order valence-electron chi connectivity index (χ1n) is 11.6. The summed E-state index contributed by atoms with van der Waals surface area (Å²) in [4.78, 5) is 37.7. The van der Waals surface area contributed by atoms with Crippen molar-refractivity contribution in [2.45, 2.75) is 71.8 Å². The lowest BCUT2D eigenvalue weighted by Gasteiger charge is -2.25. The summed E-state index contributed by atoms with van der Waals surface area (Å²) in [6, 6.07) is 14.2. The van der Waals surface area contributed by atoms with Crippen molar-refractivity contribution in [3.63, 3.8) is 0 Å². The average molecular weight is 607 g/mol. The van der Waals surface area contributed by atoms with Gasteiger partial charge < -0.3 is 19.5 Å². The number of carbonyl (C=O) groups is 3. The van der Waals surface area contributed by atoms with Crippen molar-refractivity contribution in [3.8, 4) is 5.75 Å². The summed E-state index contributed by atoms with van der Waals surface area (Å²) in [7, 11) is 0. The zero-order chi connectivity index (χ0) is 26.9. The van der Waals surface area contributed by atoms with Crippen LogP contribution in [0.25, 0.3) is 6.08 Å². The van der Waals surface area contributed by atoms with Gasteiger partial charge in [-0.3, -0.25) is 9.59 Å². The molecule has 0 spiro atoms. The SMILES string of the molecule is CC(C)(C)OC(=O)C[C@H](NC(=O)/C=C/c1cccc(OCc2ccccc2)c1I)C(=O)OC(C)(C)C. The highest BCUT2D eigenvalue weighted by atomic mass is 127. The maximum atomic E-state index is 12.7. The number of hydrogen-bond donors (Lipinski definition) is 1. The third-order valence-corrected chi connectivity index (χ3v) is 5.60. The Bertz CT molecular complexity index is 1080. The van der Waals surface area contributed by atoms with Gasteiger partial charge in [0.05, 0.1) is 9.99 Å². The molecule has 2 rings (SSSR count). The number of ether oxygens (including phenoxy) is 3. The molecule has 1 amide bonds. The van der Waals surface area contributed by atoms with Gasteiger partial charge in [-0.05, 0) is 87.4 Å². The first-order chi connectivity index (χ1) is 16.7. The molecule has 0 aliphatic heterocycles. The molecule has 8 heteroatoms. The molecule has 2 aromatic rings.